The van der Waals surface area contributed by atoms with Crippen molar-refractivity contribution in [3.05, 3.63) is 39.6 Å². The highest BCUT2D eigenvalue weighted by molar-refractivity contribution is 7.99. The fourth-order valence-electron chi connectivity index (χ4n) is 1.68. The minimum Gasteiger partial charge on any atom is -0.191 e. The molecular weight excluding hydrogens is 291 g/mol. The van der Waals surface area contributed by atoms with E-state index < -0.39 is 0 Å². The molecule has 3 rings (SSSR count). The number of halogens is 2. The van der Waals surface area contributed by atoms with E-state index in [1.807, 2.05) is 19.1 Å². The lowest BCUT2D eigenvalue weighted by Gasteiger charge is -2.14. The topological polar surface area (TPSA) is 43.1 Å². The Morgan fingerprint density at radius 2 is 2.11 bits per heavy atom. The van der Waals surface area contributed by atoms with Gasteiger partial charge in [0.15, 0.2) is 5.82 Å². The number of aromatic nitrogens is 3. The highest BCUT2D eigenvalue weighted by Gasteiger charge is 2.19. The molecule has 1 aromatic heterocycles. The molecule has 92 valence electrons. The zero-order valence-corrected chi connectivity index (χ0v) is 11.7. The van der Waals surface area contributed by atoms with Crippen LogP contribution in [0.25, 0.3) is 0 Å². The second-order valence-electron chi connectivity index (χ2n) is 3.80. The van der Waals surface area contributed by atoms with E-state index in [0.29, 0.717) is 10.0 Å². The summed E-state index contributed by atoms with van der Waals surface area (Å²) in [5, 5.41) is 14.6. The molecule has 0 saturated carbocycles. The SMILES string of the molecule is Cc1nnc2n1N=C(c1ccc(Cl)cc1Cl)CS2. The zero-order valence-electron chi connectivity index (χ0n) is 9.39. The Bertz CT molecular complexity index is 650. The number of rotatable bonds is 1. The van der Waals surface area contributed by atoms with Crippen molar-refractivity contribution >= 4 is 40.7 Å². The van der Waals surface area contributed by atoms with Crippen LogP contribution in [-0.2, 0) is 0 Å². The first-order valence-electron chi connectivity index (χ1n) is 5.23. The lowest BCUT2D eigenvalue weighted by molar-refractivity contribution is 0.734. The molecule has 7 heteroatoms. The van der Waals surface area contributed by atoms with Crippen LogP contribution in [0.4, 0.5) is 0 Å². The van der Waals surface area contributed by atoms with Crippen molar-refractivity contribution < 1.29 is 0 Å². The number of hydrogen-bond acceptors (Lipinski definition) is 4. The Morgan fingerprint density at radius 1 is 1.28 bits per heavy atom. The summed E-state index contributed by atoms with van der Waals surface area (Å²) in [7, 11) is 0. The summed E-state index contributed by atoms with van der Waals surface area (Å²) < 4.78 is 1.73. The molecular formula is C11H8Cl2N4S. The van der Waals surface area contributed by atoms with Crippen molar-refractivity contribution in [3.63, 3.8) is 0 Å². The number of benzene rings is 1. The molecule has 0 spiro atoms. The summed E-state index contributed by atoms with van der Waals surface area (Å²) in [5.41, 5.74) is 1.80. The van der Waals surface area contributed by atoms with Crippen LogP contribution in [0.15, 0.2) is 28.5 Å². The van der Waals surface area contributed by atoms with Crippen LogP contribution < -0.4 is 0 Å². The van der Waals surface area contributed by atoms with E-state index in [0.717, 1.165) is 28.0 Å². The Labute approximate surface area is 118 Å². The van der Waals surface area contributed by atoms with E-state index in [1.54, 1.807) is 22.5 Å². The smallest absolute Gasteiger partial charge is 0.191 e. The molecule has 1 aromatic carbocycles. The van der Waals surface area contributed by atoms with E-state index in [4.69, 9.17) is 23.2 Å². The number of nitrogens with zero attached hydrogens (tertiary/aromatic N) is 4. The number of aryl methyl sites for hydroxylation is 1. The Hall–Kier alpha value is -1.04. The van der Waals surface area contributed by atoms with Crippen molar-refractivity contribution in [2.24, 2.45) is 5.10 Å². The first-order chi connectivity index (χ1) is 8.65. The van der Waals surface area contributed by atoms with E-state index >= 15 is 0 Å². The fraction of sp³-hybridized carbons (Fsp3) is 0.182. The molecule has 1 aliphatic heterocycles. The van der Waals surface area contributed by atoms with E-state index in [9.17, 15) is 0 Å². The molecule has 1 aliphatic rings. The number of thioether (sulfide) groups is 1. The third-order valence-electron chi connectivity index (χ3n) is 2.57. The predicted octanol–water partition coefficient (Wildman–Crippen LogP) is 3.25. The van der Waals surface area contributed by atoms with Gasteiger partial charge in [0, 0.05) is 16.3 Å². The van der Waals surface area contributed by atoms with Gasteiger partial charge in [-0.25, -0.2) is 0 Å². The average Bonchev–Trinajstić information content (AvgIpc) is 2.71. The molecule has 0 saturated heterocycles. The molecule has 0 N–H and O–H groups in total. The lowest BCUT2D eigenvalue weighted by Crippen LogP contribution is -2.14. The summed E-state index contributed by atoms with van der Waals surface area (Å²) >= 11 is 13.7. The Kier molecular flexibility index (Phi) is 3.05. The highest BCUT2D eigenvalue weighted by atomic mass is 35.5. The van der Waals surface area contributed by atoms with Crippen LogP contribution in [0.1, 0.15) is 11.4 Å². The van der Waals surface area contributed by atoms with Gasteiger partial charge in [-0.05, 0) is 19.1 Å². The third-order valence-corrected chi connectivity index (χ3v) is 4.05. The van der Waals surface area contributed by atoms with Gasteiger partial charge in [-0.3, -0.25) is 0 Å². The molecule has 0 bridgehead atoms. The van der Waals surface area contributed by atoms with Crippen molar-refractivity contribution in [2.45, 2.75) is 12.1 Å². The molecule has 2 heterocycles. The van der Waals surface area contributed by atoms with Crippen molar-refractivity contribution in [3.8, 4) is 0 Å². The quantitative estimate of drug-likeness (QED) is 0.812. The number of fused-ring (bicyclic) bond motifs is 1. The van der Waals surface area contributed by atoms with Crippen molar-refractivity contribution in [1.29, 1.82) is 0 Å². The molecule has 0 radical (unpaired) electrons. The Morgan fingerprint density at radius 3 is 2.89 bits per heavy atom. The van der Waals surface area contributed by atoms with Gasteiger partial charge in [-0.2, -0.15) is 9.78 Å². The minimum atomic E-state index is 0.607. The van der Waals surface area contributed by atoms with Gasteiger partial charge in [0.2, 0.25) is 5.16 Å². The predicted molar refractivity (Wildman–Crippen MR) is 73.9 cm³/mol. The van der Waals surface area contributed by atoms with E-state index in [1.165, 1.54) is 0 Å². The van der Waals surface area contributed by atoms with Crippen LogP contribution in [0.3, 0.4) is 0 Å². The summed E-state index contributed by atoms with van der Waals surface area (Å²) in [4.78, 5) is 0. The maximum absolute atomic E-state index is 6.19. The van der Waals surface area contributed by atoms with Gasteiger partial charge in [0.05, 0.1) is 10.7 Å². The van der Waals surface area contributed by atoms with Crippen LogP contribution in [0.5, 0.6) is 0 Å². The number of hydrogen-bond donors (Lipinski definition) is 0. The standard InChI is InChI=1S/C11H8Cl2N4S/c1-6-14-15-11-17(6)16-10(5-18-11)8-3-2-7(12)4-9(8)13/h2-4H,5H2,1H3. The Balaban J connectivity index is 2.09. The van der Waals surface area contributed by atoms with Gasteiger partial charge in [0.1, 0.15) is 0 Å². The van der Waals surface area contributed by atoms with Gasteiger partial charge in [-0.15, -0.1) is 10.2 Å². The largest absolute Gasteiger partial charge is 0.212 e. The zero-order chi connectivity index (χ0) is 12.7. The molecule has 18 heavy (non-hydrogen) atoms. The maximum atomic E-state index is 6.19. The highest BCUT2D eigenvalue weighted by Crippen LogP contribution is 2.28. The van der Waals surface area contributed by atoms with Crippen molar-refractivity contribution in [2.75, 3.05) is 5.75 Å². The average molecular weight is 299 g/mol. The van der Waals surface area contributed by atoms with Gasteiger partial charge in [-0.1, -0.05) is 41.0 Å². The summed E-state index contributed by atoms with van der Waals surface area (Å²) in [6.45, 7) is 1.87. The minimum absolute atomic E-state index is 0.607. The van der Waals surface area contributed by atoms with Crippen molar-refractivity contribution in [1.82, 2.24) is 14.9 Å². The van der Waals surface area contributed by atoms with Gasteiger partial charge < -0.3 is 0 Å². The molecule has 2 aromatic rings. The van der Waals surface area contributed by atoms with E-state index in [-0.39, 0.29) is 0 Å². The second-order valence-corrected chi connectivity index (χ2v) is 5.59. The van der Waals surface area contributed by atoms with Crippen LogP contribution in [0.2, 0.25) is 10.0 Å². The normalized spacial score (nSPS) is 14.3. The van der Waals surface area contributed by atoms with E-state index in [2.05, 4.69) is 15.3 Å². The van der Waals surface area contributed by atoms with Gasteiger partial charge in [0.25, 0.3) is 0 Å². The molecule has 0 unspecified atom stereocenters. The monoisotopic (exact) mass is 298 g/mol. The van der Waals surface area contributed by atoms with Gasteiger partial charge >= 0.3 is 0 Å². The summed E-state index contributed by atoms with van der Waals surface area (Å²) in [6.07, 6.45) is 0. The van der Waals surface area contributed by atoms with Crippen LogP contribution in [-0.4, -0.2) is 26.3 Å². The molecule has 0 fully saturated rings. The molecule has 0 atom stereocenters. The van der Waals surface area contributed by atoms with Crippen LogP contribution >= 0.6 is 35.0 Å². The lowest BCUT2D eigenvalue weighted by atomic mass is 10.1. The second kappa shape index (κ2) is 4.57. The summed E-state index contributed by atoms with van der Waals surface area (Å²) in [6, 6.07) is 5.42. The molecule has 0 aliphatic carbocycles. The maximum Gasteiger partial charge on any atom is 0.212 e. The first-order valence-corrected chi connectivity index (χ1v) is 6.97. The fourth-order valence-corrected chi connectivity index (χ4v) is 3.07. The molecule has 0 amide bonds. The van der Waals surface area contributed by atoms with Crippen LogP contribution in [0, 0.1) is 6.92 Å². The summed E-state index contributed by atoms with van der Waals surface area (Å²) in [5.74, 6) is 1.49. The molecule has 4 nitrogen and oxygen atoms in total. The third kappa shape index (κ3) is 2.02. The first kappa shape index (κ1) is 12.0.